The molecule has 1 atom stereocenters. The van der Waals surface area contributed by atoms with E-state index in [2.05, 4.69) is 29.1 Å². The number of halogens is 1. The van der Waals surface area contributed by atoms with Crippen LogP contribution in [0, 0.1) is 5.92 Å². The van der Waals surface area contributed by atoms with Gasteiger partial charge in [0.15, 0.2) is 0 Å². The summed E-state index contributed by atoms with van der Waals surface area (Å²) < 4.78 is 5.29. The average molecular weight is 219 g/mol. The maximum Gasteiger partial charge on any atom is 0.0644 e. The van der Waals surface area contributed by atoms with Crippen LogP contribution < -0.4 is 0 Å². The zero-order valence-corrected chi connectivity index (χ0v) is 8.35. The third-order valence-electron chi connectivity index (χ3n) is 1.31. The van der Waals surface area contributed by atoms with Crippen molar-refractivity contribution in [2.75, 3.05) is 18.5 Å². The molecule has 0 saturated heterocycles. The molecule has 0 rings (SSSR count). The maximum absolute atomic E-state index is 5.29. The first-order valence-corrected chi connectivity index (χ1v) is 4.82. The fourth-order valence-corrected chi connectivity index (χ4v) is 1.18. The SMILES string of the molecule is C=CCOCC(CBr)CC=C. The van der Waals surface area contributed by atoms with Crippen molar-refractivity contribution in [2.45, 2.75) is 6.42 Å². The molecule has 1 nitrogen and oxygen atoms in total. The number of hydrogen-bond acceptors (Lipinski definition) is 1. The lowest BCUT2D eigenvalue weighted by Gasteiger charge is -2.10. The Morgan fingerprint density at radius 2 is 2.09 bits per heavy atom. The quantitative estimate of drug-likeness (QED) is 0.363. The van der Waals surface area contributed by atoms with Crippen molar-refractivity contribution in [3.05, 3.63) is 25.3 Å². The molecule has 0 aliphatic rings. The van der Waals surface area contributed by atoms with E-state index in [0.717, 1.165) is 18.4 Å². The van der Waals surface area contributed by atoms with Crippen LogP contribution in [0.15, 0.2) is 25.3 Å². The Balaban J connectivity index is 3.34. The Morgan fingerprint density at radius 3 is 2.55 bits per heavy atom. The van der Waals surface area contributed by atoms with Crippen molar-refractivity contribution in [1.29, 1.82) is 0 Å². The molecular weight excluding hydrogens is 204 g/mol. The number of rotatable bonds is 7. The highest BCUT2D eigenvalue weighted by Gasteiger charge is 2.03. The molecule has 0 aliphatic heterocycles. The smallest absolute Gasteiger partial charge is 0.0644 e. The van der Waals surface area contributed by atoms with Gasteiger partial charge in [-0.2, -0.15) is 0 Å². The van der Waals surface area contributed by atoms with Gasteiger partial charge in [0, 0.05) is 5.33 Å². The van der Waals surface area contributed by atoms with E-state index in [1.165, 1.54) is 0 Å². The molecule has 0 bridgehead atoms. The Hall–Kier alpha value is -0.0800. The van der Waals surface area contributed by atoms with E-state index in [9.17, 15) is 0 Å². The van der Waals surface area contributed by atoms with Gasteiger partial charge in [-0.1, -0.05) is 28.1 Å². The Morgan fingerprint density at radius 1 is 1.36 bits per heavy atom. The Labute approximate surface area is 77.3 Å². The fourth-order valence-electron chi connectivity index (χ4n) is 0.729. The second-order valence-corrected chi connectivity index (χ2v) is 3.02. The molecule has 0 fully saturated rings. The fraction of sp³-hybridized carbons (Fsp3) is 0.556. The monoisotopic (exact) mass is 218 g/mol. The summed E-state index contributed by atoms with van der Waals surface area (Å²) in [6, 6.07) is 0. The summed E-state index contributed by atoms with van der Waals surface area (Å²) in [4.78, 5) is 0. The maximum atomic E-state index is 5.29. The van der Waals surface area contributed by atoms with E-state index in [0.29, 0.717) is 12.5 Å². The number of hydrogen-bond donors (Lipinski definition) is 0. The molecule has 0 amide bonds. The van der Waals surface area contributed by atoms with E-state index >= 15 is 0 Å². The van der Waals surface area contributed by atoms with Crippen LogP contribution in [0.25, 0.3) is 0 Å². The average Bonchev–Trinajstić information content (AvgIpc) is 2.03. The number of alkyl halides is 1. The van der Waals surface area contributed by atoms with Crippen LogP contribution >= 0.6 is 15.9 Å². The first kappa shape index (κ1) is 10.9. The van der Waals surface area contributed by atoms with Gasteiger partial charge >= 0.3 is 0 Å². The highest BCUT2D eigenvalue weighted by molar-refractivity contribution is 9.09. The largest absolute Gasteiger partial charge is 0.377 e. The molecule has 0 radical (unpaired) electrons. The lowest BCUT2D eigenvalue weighted by molar-refractivity contribution is 0.132. The molecule has 0 saturated carbocycles. The third kappa shape index (κ3) is 6.32. The third-order valence-corrected chi connectivity index (χ3v) is 2.22. The Kier molecular flexibility index (Phi) is 7.96. The van der Waals surface area contributed by atoms with Crippen LogP contribution in [0.5, 0.6) is 0 Å². The summed E-state index contributed by atoms with van der Waals surface area (Å²) in [6.45, 7) is 8.67. The minimum absolute atomic E-state index is 0.549. The van der Waals surface area contributed by atoms with Gasteiger partial charge in [0.05, 0.1) is 13.2 Å². The predicted molar refractivity (Wildman–Crippen MR) is 53.1 cm³/mol. The van der Waals surface area contributed by atoms with Crippen LogP contribution in [0.4, 0.5) is 0 Å². The van der Waals surface area contributed by atoms with Crippen LogP contribution in [-0.2, 0) is 4.74 Å². The summed E-state index contributed by atoms with van der Waals surface area (Å²) in [5.74, 6) is 0.549. The van der Waals surface area contributed by atoms with Gasteiger partial charge < -0.3 is 4.74 Å². The van der Waals surface area contributed by atoms with E-state index < -0.39 is 0 Å². The second kappa shape index (κ2) is 8.02. The highest BCUT2D eigenvalue weighted by atomic mass is 79.9. The molecular formula is C9H15BrO. The molecule has 11 heavy (non-hydrogen) atoms. The molecule has 0 aromatic carbocycles. The summed E-state index contributed by atoms with van der Waals surface area (Å²) in [5.41, 5.74) is 0. The number of ether oxygens (including phenoxy) is 1. The van der Waals surface area contributed by atoms with Crippen molar-refractivity contribution in [3.8, 4) is 0 Å². The van der Waals surface area contributed by atoms with Gasteiger partial charge in [0.1, 0.15) is 0 Å². The van der Waals surface area contributed by atoms with Gasteiger partial charge in [-0.05, 0) is 12.3 Å². The van der Waals surface area contributed by atoms with Crippen molar-refractivity contribution in [1.82, 2.24) is 0 Å². The van der Waals surface area contributed by atoms with E-state index in [1.807, 2.05) is 6.08 Å². The summed E-state index contributed by atoms with van der Waals surface area (Å²) in [6.07, 6.45) is 4.69. The first-order chi connectivity index (χ1) is 5.35. The lowest BCUT2D eigenvalue weighted by Crippen LogP contribution is -2.10. The van der Waals surface area contributed by atoms with Crippen LogP contribution in [0.3, 0.4) is 0 Å². The highest BCUT2D eigenvalue weighted by Crippen LogP contribution is 2.07. The van der Waals surface area contributed by atoms with E-state index in [4.69, 9.17) is 4.74 Å². The summed E-state index contributed by atoms with van der Waals surface area (Å²) >= 11 is 3.42. The lowest BCUT2D eigenvalue weighted by atomic mass is 10.1. The van der Waals surface area contributed by atoms with Gasteiger partial charge in [0.2, 0.25) is 0 Å². The predicted octanol–water partition coefficient (Wildman–Crippen LogP) is 2.78. The zero-order valence-electron chi connectivity index (χ0n) is 6.76. The minimum Gasteiger partial charge on any atom is -0.377 e. The zero-order chi connectivity index (χ0) is 8.53. The van der Waals surface area contributed by atoms with Crippen molar-refractivity contribution in [3.63, 3.8) is 0 Å². The molecule has 0 heterocycles. The minimum atomic E-state index is 0.549. The molecule has 0 N–H and O–H groups in total. The summed E-state index contributed by atoms with van der Waals surface area (Å²) in [7, 11) is 0. The van der Waals surface area contributed by atoms with Gasteiger partial charge in [-0.25, -0.2) is 0 Å². The van der Waals surface area contributed by atoms with Crippen LogP contribution in [0.2, 0.25) is 0 Å². The van der Waals surface area contributed by atoms with Crippen molar-refractivity contribution >= 4 is 15.9 Å². The topological polar surface area (TPSA) is 9.23 Å². The molecule has 0 aromatic heterocycles. The van der Waals surface area contributed by atoms with Gasteiger partial charge in [-0.15, -0.1) is 13.2 Å². The molecule has 0 spiro atoms. The van der Waals surface area contributed by atoms with Crippen molar-refractivity contribution < 1.29 is 4.74 Å². The Bertz CT molecular complexity index is 112. The van der Waals surface area contributed by atoms with Crippen molar-refractivity contribution in [2.24, 2.45) is 5.92 Å². The van der Waals surface area contributed by atoms with E-state index in [1.54, 1.807) is 6.08 Å². The van der Waals surface area contributed by atoms with Gasteiger partial charge in [-0.3, -0.25) is 0 Å². The molecule has 64 valence electrons. The normalized spacial score (nSPS) is 12.5. The molecule has 0 aliphatic carbocycles. The molecule has 0 aromatic rings. The standard InChI is InChI=1S/C9H15BrO/c1-3-5-9(7-10)8-11-6-4-2/h3-4,9H,1-2,5-8H2. The molecule has 1 unspecified atom stereocenters. The molecule has 2 heteroatoms. The van der Waals surface area contributed by atoms with Crippen LogP contribution in [-0.4, -0.2) is 18.5 Å². The second-order valence-electron chi connectivity index (χ2n) is 2.37. The van der Waals surface area contributed by atoms with E-state index in [-0.39, 0.29) is 0 Å². The first-order valence-electron chi connectivity index (χ1n) is 3.70. The van der Waals surface area contributed by atoms with Crippen LogP contribution in [0.1, 0.15) is 6.42 Å². The number of allylic oxidation sites excluding steroid dienone is 1. The summed E-state index contributed by atoms with van der Waals surface area (Å²) in [5, 5.41) is 0.968. The van der Waals surface area contributed by atoms with Gasteiger partial charge in [0.25, 0.3) is 0 Å².